The first-order valence-electron chi connectivity index (χ1n) is 6.63. The molecule has 0 radical (unpaired) electrons. The summed E-state index contributed by atoms with van der Waals surface area (Å²) in [6.07, 6.45) is 3.84. The molecule has 0 atom stereocenters. The smallest absolute Gasteiger partial charge is 0.119 e. The minimum atomic E-state index is 0. The third-order valence-corrected chi connectivity index (χ3v) is 2.61. The van der Waals surface area contributed by atoms with E-state index in [9.17, 15) is 0 Å². The minimum Gasteiger partial charge on any atom is -0.497 e. The van der Waals surface area contributed by atoms with Gasteiger partial charge in [0.25, 0.3) is 0 Å². The van der Waals surface area contributed by atoms with Crippen LogP contribution in [0.1, 0.15) is 47.5 Å². The van der Waals surface area contributed by atoms with Crippen LogP contribution in [0, 0.1) is 0 Å². The number of hydrogen-bond donors (Lipinski definition) is 0. The van der Waals surface area contributed by atoms with Gasteiger partial charge in [-0.1, -0.05) is 41.0 Å². The summed E-state index contributed by atoms with van der Waals surface area (Å²) < 4.78 is 5.13. The molecule has 1 aromatic rings. The first kappa shape index (κ1) is 19.2. The van der Waals surface area contributed by atoms with Gasteiger partial charge >= 0.3 is 0 Å². The largest absolute Gasteiger partial charge is 0.497 e. The summed E-state index contributed by atoms with van der Waals surface area (Å²) >= 11 is 0. The van der Waals surface area contributed by atoms with Crippen LogP contribution >= 0.6 is 0 Å². The highest BCUT2D eigenvalue weighted by Gasteiger charge is 2.00. The fourth-order valence-corrected chi connectivity index (χ4v) is 1.56. The third-order valence-electron chi connectivity index (χ3n) is 2.61. The summed E-state index contributed by atoms with van der Waals surface area (Å²) in [5.74, 6) is 0.917. The SMILES string of the molecule is C.CC.CCCCCN(C)c1ccc(OC)cc1. The van der Waals surface area contributed by atoms with Crippen molar-refractivity contribution in [3.05, 3.63) is 24.3 Å². The van der Waals surface area contributed by atoms with Crippen LogP contribution in [0.25, 0.3) is 0 Å². The van der Waals surface area contributed by atoms with Gasteiger partial charge < -0.3 is 9.64 Å². The number of benzene rings is 1. The Balaban J connectivity index is 0. The van der Waals surface area contributed by atoms with Crippen molar-refractivity contribution in [1.29, 1.82) is 0 Å². The molecule has 1 rings (SSSR count). The molecule has 0 amide bonds. The standard InChI is InChI=1S/C13H21NO.C2H6.CH4/c1-4-5-6-11-14(2)12-7-9-13(15-3)10-8-12;1-2;/h7-10H,4-6,11H2,1-3H3;1-2H3;1H4. The molecule has 0 saturated carbocycles. The predicted octanol–water partition coefficient (Wildman–Crippen LogP) is 4.98. The molecular weight excluding hydrogens is 222 g/mol. The van der Waals surface area contributed by atoms with Gasteiger partial charge in [0, 0.05) is 19.3 Å². The topological polar surface area (TPSA) is 12.5 Å². The highest BCUT2D eigenvalue weighted by Crippen LogP contribution is 2.18. The zero-order chi connectivity index (χ0) is 13.1. The Bertz CT molecular complexity index is 269. The zero-order valence-corrected chi connectivity index (χ0v) is 12.0. The van der Waals surface area contributed by atoms with Crippen molar-refractivity contribution in [3.63, 3.8) is 0 Å². The molecule has 0 aliphatic rings. The fourth-order valence-electron chi connectivity index (χ4n) is 1.56. The average Bonchev–Trinajstić information content (AvgIpc) is 2.41. The summed E-state index contributed by atoms with van der Waals surface area (Å²) in [6, 6.07) is 8.22. The van der Waals surface area contributed by atoms with Crippen LogP contribution in [0.2, 0.25) is 0 Å². The van der Waals surface area contributed by atoms with E-state index >= 15 is 0 Å². The first-order valence-corrected chi connectivity index (χ1v) is 6.63. The number of hydrogen-bond acceptors (Lipinski definition) is 2. The molecule has 0 N–H and O–H groups in total. The Morgan fingerprint density at radius 3 is 2.06 bits per heavy atom. The van der Waals surface area contributed by atoms with E-state index in [1.54, 1.807) is 7.11 Å². The van der Waals surface area contributed by atoms with Crippen LogP contribution in [-0.4, -0.2) is 20.7 Å². The summed E-state index contributed by atoms with van der Waals surface area (Å²) in [7, 11) is 3.83. The minimum absolute atomic E-state index is 0. The molecule has 0 saturated heterocycles. The lowest BCUT2D eigenvalue weighted by Crippen LogP contribution is -2.18. The second-order valence-electron chi connectivity index (χ2n) is 3.83. The average molecular weight is 253 g/mol. The van der Waals surface area contributed by atoms with Crippen molar-refractivity contribution in [2.45, 2.75) is 47.5 Å². The molecule has 0 bridgehead atoms. The third kappa shape index (κ3) is 7.21. The number of methoxy groups -OCH3 is 1. The Kier molecular flexibility index (Phi) is 13.1. The van der Waals surface area contributed by atoms with Gasteiger partial charge in [-0.3, -0.25) is 0 Å². The number of ether oxygens (including phenoxy) is 1. The molecule has 0 aliphatic heterocycles. The van der Waals surface area contributed by atoms with E-state index in [1.165, 1.54) is 24.9 Å². The number of unbranched alkanes of at least 4 members (excludes halogenated alkanes) is 2. The van der Waals surface area contributed by atoms with Crippen molar-refractivity contribution in [2.24, 2.45) is 0 Å². The second kappa shape index (κ2) is 12.3. The van der Waals surface area contributed by atoms with E-state index in [2.05, 4.69) is 31.0 Å². The number of nitrogens with zero attached hydrogens (tertiary/aromatic N) is 1. The van der Waals surface area contributed by atoms with Gasteiger partial charge in [0.2, 0.25) is 0 Å². The predicted molar refractivity (Wildman–Crippen MR) is 83.9 cm³/mol. The van der Waals surface area contributed by atoms with E-state index in [-0.39, 0.29) is 7.43 Å². The maximum atomic E-state index is 5.13. The lowest BCUT2D eigenvalue weighted by atomic mass is 10.2. The normalized spacial score (nSPS) is 8.72. The number of anilines is 1. The van der Waals surface area contributed by atoms with Crippen LogP contribution in [0.15, 0.2) is 24.3 Å². The first-order chi connectivity index (χ1) is 8.27. The van der Waals surface area contributed by atoms with Crippen molar-refractivity contribution in [3.8, 4) is 5.75 Å². The maximum absolute atomic E-state index is 5.13. The van der Waals surface area contributed by atoms with Gasteiger partial charge in [-0.05, 0) is 30.7 Å². The molecule has 2 heteroatoms. The molecule has 2 nitrogen and oxygen atoms in total. The van der Waals surface area contributed by atoms with Crippen LogP contribution in [0.3, 0.4) is 0 Å². The molecule has 0 aliphatic carbocycles. The Hall–Kier alpha value is -1.18. The van der Waals surface area contributed by atoms with Gasteiger partial charge in [-0.15, -0.1) is 0 Å². The maximum Gasteiger partial charge on any atom is 0.119 e. The zero-order valence-electron chi connectivity index (χ0n) is 12.0. The molecule has 0 aromatic heterocycles. The van der Waals surface area contributed by atoms with E-state index in [0.29, 0.717) is 0 Å². The Morgan fingerprint density at radius 1 is 1.06 bits per heavy atom. The Labute approximate surface area is 114 Å². The Morgan fingerprint density at radius 2 is 1.61 bits per heavy atom. The van der Waals surface area contributed by atoms with Gasteiger partial charge in [-0.25, -0.2) is 0 Å². The summed E-state index contributed by atoms with van der Waals surface area (Å²) in [5.41, 5.74) is 1.26. The van der Waals surface area contributed by atoms with Gasteiger partial charge in [-0.2, -0.15) is 0 Å². The lowest BCUT2D eigenvalue weighted by Gasteiger charge is -2.19. The second-order valence-corrected chi connectivity index (χ2v) is 3.83. The summed E-state index contributed by atoms with van der Waals surface area (Å²) in [5, 5.41) is 0. The van der Waals surface area contributed by atoms with E-state index in [0.717, 1.165) is 12.3 Å². The van der Waals surface area contributed by atoms with E-state index in [1.807, 2.05) is 26.0 Å². The molecule has 106 valence electrons. The van der Waals surface area contributed by atoms with E-state index < -0.39 is 0 Å². The van der Waals surface area contributed by atoms with Crippen LogP contribution in [-0.2, 0) is 0 Å². The molecule has 0 fully saturated rings. The lowest BCUT2D eigenvalue weighted by molar-refractivity contribution is 0.415. The highest BCUT2D eigenvalue weighted by atomic mass is 16.5. The van der Waals surface area contributed by atoms with Crippen molar-refractivity contribution in [2.75, 3.05) is 25.6 Å². The molecule has 0 spiro atoms. The van der Waals surface area contributed by atoms with Gasteiger partial charge in [0.05, 0.1) is 7.11 Å². The quantitative estimate of drug-likeness (QED) is 0.663. The van der Waals surface area contributed by atoms with Crippen molar-refractivity contribution < 1.29 is 4.74 Å². The summed E-state index contributed by atoms with van der Waals surface area (Å²) in [6.45, 7) is 7.35. The molecular formula is C16H31NO. The molecule has 1 aromatic carbocycles. The number of rotatable bonds is 6. The molecule has 0 heterocycles. The molecule has 0 unspecified atom stereocenters. The molecule has 18 heavy (non-hydrogen) atoms. The van der Waals surface area contributed by atoms with Gasteiger partial charge in [0.15, 0.2) is 0 Å². The fraction of sp³-hybridized carbons (Fsp3) is 0.625. The van der Waals surface area contributed by atoms with Crippen molar-refractivity contribution >= 4 is 5.69 Å². The van der Waals surface area contributed by atoms with Crippen LogP contribution < -0.4 is 9.64 Å². The van der Waals surface area contributed by atoms with Crippen LogP contribution in [0.4, 0.5) is 5.69 Å². The van der Waals surface area contributed by atoms with Gasteiger partial charge in [0.1, 0.15) is 5.75 Å². The highest BCUT2D eigenvalue weighted by molar-refractivity contribution is 5.48. The van der Waals surface area contributed by atoms with Crippen LogP contribution in [0.5, 0.6) is 5.75 Å². The van der Waals surface area contributed by atoms with Crippen molar-refractivity contribution in [1.82, 2.24) is 0 Å². The summed E-state index contributed by atoms with van der Waals surface area (Å²) in [4.78, 5) is 2.29. The monoisotopic (exact) mass is 253 g/mol. The van der Waals surface area contributed by atoms with E-state index in [4.69, 9.17) is 4.74 Å².